The highest BCUT2D eigenvalue weighted by atomic mass is 16.4. The third-order valence-electron chi connectivity index (χ3n) is 3.72. The molecule has 0 saturated carbocycles. The number of hydrogen-bond donors (Lipinski definition) is 4. The molecule has 0 saturated heterocycles. The molecular weight excluding hydrogens is 322 g/mol. The molecule has 2 amide bonds. The first-order valence-electron chi connectivity index (χ1n) is 9.03. The molecule has 3 atom stereocenters. The molecule has 0 unspecified atom stereocenters. The van der Waals surface area contributed by atoms with Crippen LogP contribution in [0.4, 0.5) is 0 Å². The molecule has 7 heteroatoms. The lowest BCUT2D eigenvalue weighted by Gasteiger charge is -2.25. The molecule has 0 aromatic heterocycles. The van der Waals surface area contributed by atoms with Gasteiger partial charge in [-0.05, 0) is 37.0 Å². The first-order valence-corrected chi connectivity index (χ1v) is 9.03. The minimum absolute atomic E-state index is 0.124. The molecule has 0 aliphatic rings. The molecule has 5 N–H and O–H groups in total. The molecule has 0 bridgehead atoms. The summed E-state index contributed by atoms with van der Waals surface area (Å²) in [6, 6.07) is -2.45. The number of nitrogens with two attached hydrogens (primary N) is 1. The van der Waals surface area contributed by atoms with Gasteiger partial charge < -0.3 is 21.5 Å². The summed E-state index contributed by atoms with van der Waals surface area (Å²) < 4.78 is 0. The monoisotopic (exact) mass is 357 g/mol. The molecule has 0 aliphatic heterocycles. The molecule has 25 heavy (non-hydrogen) atoms. The van der Waals surface area contributed by atoms with Crippen molar-refractivity contribution in [2.75, 3.05) is 0 Å². The number of rotatable bonds is 11. The first-order chi connectivity index (χ1) is 11.4. The molecule has 0 rings (SSSR count). The van der Waals surface area contributed by atoms with Crippen molar-refractivity contribution in [1.29, 1.82) is 0 Å². The van der Waals surface area contributed by atoms with Gasteiger partial charge in [0.05, 0.1) is 6.04 Å². The van der Waals surface area contributed by atoms with Crippen molar-refractivity contribution in [3.05, 3.63) is 0 Å². The Morgan fingerprint density at radius 1 is 0.760 bits per heavy atom. The fourth-order valence-corrected chi connectivity index (χ4v) is 2.56. The van der Waals surface area contributed by atoms with Gasteiger partial charge in [-0.25, -0.2) is 4.79 Å². The minimum Gasteiger partial charge on any atom is -0.480 e. The van der Waals surface area contributed by atoms with Crippen molar-refractivity contribution in [1.82, 2.24) is 10.6 Å². The van der Waals surface area contributed by atoms with Crippen LogP contribution in [0.25, 0.3) is 0 Å². The maximum atomic E-state index is 12.5. The van der Waals surface area contributed by atoms with Gasteiger partial charge in [-0.1, -0.05) is 41.5 Å². The maximum Gasteiger partial charge on any atom is 0.326 e. The van der Waals surface area contributed by atoms with Crippen LogP contribution in [0.1, 0.15) is 60.8 Å². The fraction of sp³-hybridized carbons (Fsp3) is 0.833. The van der Waals surface area contributed by atoms with E-state index in [4.69, 9.17) is 5.73 Å². The van der Waals surface area contributed by atoms with Gasteiger partial charge in [-0.2, -0.15) is 0 Å². The topological polar surface area (TPSA) is 122 Å². The number of carbonyl (C=O) groups is 3. The van der Waals surface area contributed by atoms with Crippen LogP contribution in [0.3, 0.4) is 0 Å². The van der Waals surface area contributed by atoms with E-state index >= 15 is 0 Å². The summed E-state index contributed by atoms with van der Waals surface area (Å²) in [6.07, 6.45) is 1.27. The molecule has 0 fully saturated rings. The van der Waals surface area contributed by atoms with Crippen LogP contribution < -0.4 is 16.4 Å². The highest BCUT2D eigenvalue weighted by molar-refractivity contribution is 5.91. The lowest BCUT2D eigenvalue weighted by molar-refractivity contribution is -0.142. The van der Waals surface area contributed by atoms with Gasteiger partial charge in [-0.15, -0.1) is 0 Å². The highest BCUT2D eigenvalue weighted by Gasteiger charge is 2.28. The van der Waals surface area contributed by atoms with E-state index in [0.29, 0.717) is 19.3 Å². The van der Waals surface area contributed by atoms with Crippen molar-refractivity contribution in [3.63, 3.8) is 0 Å². The SMILES string of the molecule is CC(C)C[C@H](NC(=O)[C@@H](N)CC(C)C)C(=O)N[C@H](CC(C)C)C(=O)O. The molecule has 146 valence electrons. The van der Waals surface area contributed by atoms with Crippen LogP contribution >= 0.6 is 0 Å². The van der Waals surface area contributed by atoms with Gasteiger partial charge in [0.25, 0.3) is 0 Å². The Labute approximate surface area is 151 Å². The Kier molecular flexibility index (Phi) is 10.4. The van der Waals surface area contributed by atoms with Crippen molar-refractivity contribution in [3.8, 4) is 0 Å². The van der Waals surface area contributed by atoms with Gasteiger partial charge in [0, 0.05) is 0 Å². The number of carboxylic acid groups (broad SMARTS) is 1. The zero-order valence-electron chi connectivity index (χ0n) is 16.3. The molecular formula is C18H35N3O4. The van der Waals surface area contributed by atoms with Crippen LogP contribution in [0.15, 0.2) is 0 Å². The summed E-state index contributed by atoms with van der Waals surface area (Å²) in [5, 5.41) is 14.5. The number of hydrogen-bond acceptors (Lipinski definition) is 4. The van der Waals surface area contributed by atoms with Crippen LogP contribution in [0, 0.1) is 17.8 Å². The molecule has 0 aromatic rings. The molecule has 7 nitrogen and oxygen atoms in total. The van der Waals surface area contributed by atoms with Crippen LogP contribution in [-0.2, 0) is 14.4 Å². The van der Waals surface area contributed by atoms with E-state index in [1.807, 2.05) is 41.5 Å². The number of nitrogens with one attached hydrogen (secondary N) is 2. The van der Waals surface area contributed by atoms with Gasteiger partial charge in [0.15, 0.2) is 0 Å². The van der Waals surface area contributed by atoms with Crippen molar-refractivity contribution < 1.29 is 19.5 Å². The largest absolute Gasteiger partial charge is 0.480 e. The summed E-state index contributed by atoms with van der Waals surface area (Å²) >= 11 is 0. The van der Waals surface area contributed by atoms with Gasteiger partial charge in [0.2, 0.25) is 11.8 Å². The maximum absolute atomic E-state index is 12.5. The Hall–Kier alpha value is -1.63. The fourth-order valence-electron chi connectivity index (χ4n) is 2.56. The Morgan fingerprint density at radius 3 is 1.56 bits per heavy atom. The lowest BCUT2D eigenvalue weighted by Crippen LogP contribution is -2.55. The first kappa shape index (κ1) is 23.4. The van der Waals surface area contributed by atoms with E-state index < -0.39 is 30.0 Å². The van der Waals surface area contributed by atoms with Gasteiger partial charge in [-0.3, -0.25) is 9.59 Å². The summed E-state index contributed by atoms with van der Waals surface area (Å²) in [4.78, 5) is 36.1. The summed E-state index contributed by atoms with van der Waals surface area (Å²) in [5.41, 5.74) is 5.87. The van der Waals surface area contributed by atoms with E-state index in [-0.39, 0.29) is 23.7 Å². The molecule has 0 aliphatic carbocycles. The van der Waals surface area contributed by atoms with Crippen molar-refractivity contribution >= 4 is 17.8 Å². The molecule has 0 radical (unpaired) electrons. The number of carbonyl (C=O) groups excluding carboxylic acids is 2. The smallest absolute Gasteiger partial charge is 0.326 e. The highest BCUT2D eigenvalue weighted by Crippen LogP contribution is 2.10. The molecule has 0 spiro atoms. The van der Waals surface area contributed by atoms with Gasteiger partial charge in [0.1, 0.15) is 12.1 Å². The summed E-state index contributed by atoms with van der Waals surface area (Å²) in [5.74, 6) is -1.39. The van der Waals surface area contributed by atoms with Crippen LogP contribution in [-0.4, -0.2) is 41.0 Å². The van der Waals surface area contributed by atoms with Crippen molar-refractivity contribution in [2.45, 2.75) is 78.9 Å². The van der Waals surface area contributed by atoms with Crippen LogP contribution in [0.5, 0.6) is 0 Å². The van der Waals surface area contributed by atoms with Crippen molar-refractivity contribution in [2.24, 2.45) is 23.5 Å². The third-order valence-corrected chi connectivity index (χ3v) is 3.72. The zero-order chi connectivity index (χ0) is 19.7. The Morgan fingerprint density at radius 2 is 1.16 bits per heavy atom. The Balaban J connectivity index is 5.02. The number of amides is 2. The molecule has 0 aromatic carbocycles. The summed E-state index contributed by atoms with van der Waals surface area (Å²) in [6.45, 7) is 11.6. The summed E-state index contributed by atoms with van der Waals surface area (Å²) in [7, 11) is 0. The van der Waals surface area contributed by atoms with E-state index in [0.717, 1.165) is 0 Å². The normalized spacial score (nSPS) is 15.1. The van der Waals surface area contributed by atoms with Crippen LogP contribution in [0.2, 0.25) is 0 Å². The third kappa shape index (κ3) is 10.1. The zero-order valence-corrected chi connectivity index (χ0v) is 16.3. The van der Waals surface area contributed by atoms with E-state index in [1.165, 1.54) is 0 Å². The number of aliphatic carboxylic acids is 1. The van der Waals surface area contributed by atoms with E-state index in [2.05, 4.69) is 10.6 Å². The Bertz CT molecular complexity index is 450. The lowest BCUT2D eigenvalue weighted by atomic mass is 9.99. The second kappa shape index (κ2) is 11.1. The average molecular weight is 357 g/mol. The predicted octanol–water partition coefficient (Wildman–Crippen LogP) is 1.51. The standard InChI is InChI=1S/C18H35N3O4/c1-10(2)7-13(19)16(22)20-14(8-11(3)4)17(23)21-15(18(24)25)9-12(5)6/h10-15H,7-9,19H2,1-6H3,(H,20,22)(H,21,23)(H,24,25)/t13-,14-,15+/m0/s1. The average Bonchev–Trinajstić information content (AvgIpc) is 2.43. The van der Waals surface area contributed by atoms with E-state index in [9.17, 15) is 19.5 Å². The predicted molar refractivity (Wildman–Crippen MR) is 97.8 cm³/mol. The second-order valence-corrected chi connectivity index (χ2v) is 7.96. The van der Waals surface area contributed by atoms with Gasteiger partial charge >= 0.3 is 5.97 Å². The van der Waals surface area contributed by atoms with E-state index in [1.54, 1.807) is 0 Å². The molecule has 0 heterocycles. The minimum atomic E-state index is -1.08. The quantitative estimate of drug-likeness (QED) is 0.446. The second-order valence-electron chi connectivity index (χ2n) is 7.96. The number of carboxylic acids is 1.